The Labute approximate surface area is 402 Å². The minimum atomic E-state index is -0.746. The highest BCUT2D eigenvalue weighted by atomic mass is 16.3. The van der Waals surface area contributed by atoms with Crippen molar-refractivity contribution in [2.24, 2.45) is 0 Å². The van der Waals surface area contributed by atoms with E-state index in [-0.39, 0.29) is 18.9 Å². The average Bonchev–Trinajstić information content (AvgIpc) is 3.29. The van der Waals surface area contributed by atoms with E-state index in [0.29, 0.717) is 12.8 Å². The number of amides is 1. The van der Waals surface area contributed by atoms with Crippen molar-refractivity contribution in [3.05, 3.63) is 0 Å². The second-order valence-electron chi connectivity index (χ2n) is 21.0. The standard InChI is InChI=1S/C59H119NO4/c1-3-5-7-9-11-13-15-17-19-21-23-25-27-29-31-33-35-37-39-41-43-45-47-49-51-53-58(63)57(55-61)60-59(64)54-56(62)52-50-48-46-44-42-40-38-36-34-32-30-28-26-24-22-20-18-16-14-12-10-8-6-4-2/h56-58,61-63H,3-55H2,1-2H3,(H,60,64). The Morgan fingerprint density at radius 1 is 0.328 bits per heavy atom. The summed E-state index contributed by atoms with van der Waals surface area (Å²) >= 11 is 0. The molecular formula is C59H119NO4. The molecule has 0 radical (unpaired) electrons. The number of aliphatic hydroxyl groups excluding tert-OH is 3. The van der Waals surface area contributed by atoms with Crippen LogP contribution in [-0.2, 0) is 4.79 Å². The van der Waals surface area contributed by atoms with Crippen LogP contribution in [0, 0.1) is 0 Å². The van der Waals surface area contributed by atoms with Crippen LogP contribution in [-0.4, -0.2) is 46.1 Å². The van der Waals surface area contributed by atoms with Gasteiger partial charge in [-0.05, 0) is 12.8 Å². The molecule has 64 heavy (non-hydrogen) atoms. The normalized spacial score (nSPS) is 13.1. The lowest BCUT2D eigenvalue weighted by Gasteiger charge is -2.23. The van der Waals surface area contributed by atoms with Gasteiger partial charge >= 0.3 is 0 Å². The Morgan fingerprint density at radius 3 is 0.750 bits per heavy atom. The van der Waals surface area contributed by atoms with E-state index < -0.39 is 18.2 Å². The fraction of sp³-hybridized carbons (Fsp3) is 0.983. The van der Waals surface area contributed by atoms with Crippen molar-refractivity contribution in [3.63, 3.8) is 0 Å². The molecule has 0 aliphatic heterocycles. The van der Waals surface area contributed by atoms with Crippen LogP contribution in [0.15, 0.2) is 0 Å². The highest BCUT2D eigenvalue weighted by Gasteiger charge is 2.21. The smallest absolute Gasteiger partial charge is 0.222 e. The van der Waals surface area contributed by atoms with Gasteiger partial charge in [0.15, 0.2) is 0 Å². The summed E-state index contributed by atoms with van der Waals surface area (Å²) in [5.41, 5.74) is 0. The maximum absolute atomic E-state index is 12.6. The van der Waals surface area contributed by atoms with Gasteiger partial charge in [0.25, 0.3) is 0 Å². The van der Waals surface area contributed by atoms with Gasteiger partial charge < -0.3 is 20.6 Å². The molecule has 1 amide bonds. The van der Waals surface area contributed by atoms with Crippen LogP contribution >= 0.6 is 0 Å². The lowest BCUT2D eigenvalue weighted by atomic mass is 10.0. The van der Waals surface area contributed by atoms with Crippen LogP contribution < -0.4 is 5.32 Å². The first-order chi connectivity index (χ1) is 31.5. The third-order valence-corrected chi connectivity index (χ3v) is 14.4. The molecule has 0 bridgehead atoms. The maximum Gasteiger partial charge on any atom is 0.222 e. The zero-order chi connectivity index (χ0) is 46.5. The number of rotatable bonds is 56. The first-order valence-electron chi connectivity index (χ1n) is 29.8. The van der Waals surface area contributed by atoms with Crippen LogP contribution in [0.1, 0.15) is 348 Å². The summed E-state index contributed by atoms with van der Waals surface area (Å²) in [7, 11) is 0. The third-order valence-electron chi connectivity index (χ3n) is 14.4. The molecule has 3 unspecified atom stereocenters. The van der Waals surface area contributed by atoms with Crippen molar-refractivity contribution in [2.75, 3.05) is 6.61 Å². The number of hydrogen-bond acceptors (Lipinski definition) is 4. The van der Waals surface area contributed by atoms with Gasteiger partial charge in [-0.2, -0.15) is 0 Å². The van der Waals surface area contributed by atoms with E-state index in [1.54, 1.807) is 0 Å². The van der Waals surface area contributed by atoms with Gasteiger partial charge in [0, 0.05) is 0 Å². The Hall–Kier alpha value is -0.650. The zero-order valence-electron chi connectivity index (χ0n) is 44.0. The summed E-state index contributed by atoms with van der Waals surface area (Å²) in [4.78, 5) is 12.6. The Kier molecular flexibility index (Phi) is 54.4. The van der Waals surface area contributed by atoms with Gasteiger partial charge in [0.05, 0.1) is 31.3 Å². The first kappa shape index (κ1) is 63.4. The SMILES string of the molecule is CCCCCCCCCCCCCCCCCCCCCCCCCCCC(O)C(CO)NC(=O)CC(O)CCCCCCCCCCCCCCCCCCCCCCCCCC. The van der Waals surface area contributed by atoms with Crippen molar-refractivity contribution in [1.82, 2.24) is 5.32 Å². The van der Waals surface area contributed by atoms with Gasteiger partial charge in [0.2, 0.25) is 5.91 Å². The number of unbranched alkanes of at least 4 members (excludes halogenated alkanes) is 47. The quantitative estimate of drug-likeness (QED) is 0.0458. The number of nitrogens with one attached hydrogen (secondary N) is 1. The molecule has 0 rings (SSSR count). The van der Waals surface area contributed by atoms with Gasteiger partial charge in [-0.3, -0.25) is 4.79 Å². The molecule has 0 heterocycles. The molecule has 0 aromatic heterocycles. The van der Waals surface area contributed by atoms with Crippen molar-refractivity contribution in [3.8, 4) is 0 Å². The molecule has 0 saturated heterocycles. The zero-order valence-corrected chi connectivity index (χ0v) is 44.0. The summed E-state index contributed by atoms with van der Waals surface area (Å²) in [6.45, 7) is 4.32. The van der Waals surface area contributed by atoms with Crippen molar-refractivity contribution in [2.45, 2.75) is 366 Å². The van der Waals surface area contributed by atoms with Crippen LogP contribution in [0.5, 0.6) is 0 Å². The average molecular weight is 907 g/mol. The van der Waals surface area contributed by atoms with Crippen LogP contribution in [0.4, 0.5) is 0 Å². The molecule has 0 aliphatic rings. The molecule has 0 aliphatic carbocycles. The van der Waals surface area contributed by atoms with E-state index >= 15 is 0 Å². The van der Waals surface area contributed by atoms with Crippen LogP contribution in [0.25, 0.3) is 0 Å². The van der Waals surface area contributed by atoms with Crippen LogP contribution in [0.3, 0.4) is 0 Å². The second-order valence-corrected chi connectivity index (χ2v) is 21.0. The molecule has 0 aromatic rings. The largest absolute Gasteiger partial charge is 0.394 e. The fourth-order valence-electron chi connectivity index (χ4n) is 9.88. The van der Waals surface area contributed by atoms with E-state index in [2.05, 4.69) is 19.2 Å². The number of hydrogen-bond donors (Lipinski definition) is 4. The molecule has 5 nitrogen and oxygen atoms in total. The predicted octanol–water partition coefficient (Wildman–Crippen LogP) is 18.5. The molecule has 0 fully saturated rings. The van der Waals surface area contributed by atoms with E-state index in [1.807, 2.05) is 0 Å². The fourth-order valence-corrected chi connectivity index (χ4v) is 9.88. The van der Waals surface area contributed by atoms with Gasteiger partial charge in [-0.15, -0.1) is 0 Å². The molecule has 5 heteroatoms. The summed E-state index contributed by atoms with van der Waals surface area (Å²) in [5, 5.41) is 33.7. The van der Waals surface area contributed by atoms with E-state index in [9.17, 15) is 20.1 Å². The first-order valence-corrected chi connectivity index (χ1v) is 29.8. The molecule has 0 spiro atoms. The summed E-state index contributed by atoms with van der Waals surface area (Å²) in [6.07, 6.45) is 67.0. The van der Waals surface area contributed by atoms with Crippen molar-refractivity contribution < 1.29 is 20.1 Å². The highest BCUT2D eigenvalue weighted by molar-refractivity contribution is 5.76. The van der Waals surface area contributed by atoms with E-state index in [4.69, 9.17) is 0 Å². The molecular weight excluding hydrogens is 787 g/mol. The topological polar surface area (TPSA) is 89.8 Å². The minimum absolute atomic E-state index is 0.0437. The Balaban J connectivity index is 3.47. The lowest BCUT2D eigenvalue weighted by Crippen LogP contribution is -2.46. The number of carbonyl (C=O) groups excluding carboxylic acids is 1. The van der Waals surface area contributed by atoms with Gasteiger partial charge in [0.1, 0.15) is 0 Å². The summed E-state index contributed by atoms with van der Waals surface area (Å²) in [5.74, 6) is -0.273. The van der Waals surface area contributed by atoms with Crippen molar-refractivity contribution in [1.29, 1.82) is 0 Å². The lowest BCUT2D eigenvalue weighted by molar-refractivity contribution is -0.125. The predicted molar refractivity (Wildman–Crippen MR) is 282 cm³/mol. The molecule has 0 saturated carbocycles. The monoisotopic (exact) mass is 906 g/mol. The molecule has 3 atom stereocenters. The summed E-state index contributed by atoms with van der Waals surface area (Å²) in [6, 6.07) is -0.655. The van der Waals surface area contributed by atoms with Crippen molar-refractivity contribution >= 4 is 5.91 Å². The van der Waals surface area contributed by atoms with Gasteiger partial charge in [-0.1, -0.05) is 328 Å². The Morgan fingerprint density at radius 2 is 0.531 bits per heavy atom. The number of carbonyl (C=O) groups is 1. The Bertz CT molecular complexity index is 868. The maximum atomic E-state index is 12.6. The number of aliphatic hydroxyl groups is 3. The third kappa shape index (κ3) is 50.8. The van der Waals surface area contributed by atoms with Gasteiger partial charge in [-0.25, -0.2) is 0 Å². The van der Waals surface area contributed by atoms with Crippen LogP contribution in [0.2, 0.25) is 0 Å². The highest BCUT2D eigenvalue weighted by Crippen LogP contribution is 2.19. The minimum Gasteiger partial charge on any atom is -0.394 e. The molecule has 4 N–H and O–H groups in total. The second kappa shape index (κ2) is 55.0. The molecule has 384 valence electrons. The molecule has 0 aromatic carbocycles. The van der Waals surface area contributed by atoms with E-state index in [0.717, 1.165) is 25.7 Å². The van der Waals surface area contributed by atoms with E-state index in [1.165, 1.54) is 289 Å². The summed E-state index contributed by atoms with van der Waals surface area (Å²) < 4.78 is 0.